The number of aromatic nitrogens is 1. The van der Waals surface area contributed by atoms with Crippen LogP contribution in [0.4, 0.5) is 0 Å². The Morgan fingerprint density at radius 3 is 2.68 bits per heavy atom. The Kier molecular flexibility index (Phi) is 8.44. The molecule has 0 radical (unpaired) electrons. The van der Waals surface area contributed by atoms with Crippen LogP contribution < -0.4 is 10.1 Å². The zero-order valence-corrected chi connectivity index (χ0v) is 16.3. The van der Waals surface area contributed by atoms with Crippen molar-refractivity contribution in [3.8, 4) is 5.75 Å². The van der Waals surface area contributed by atoms with Gasteiger partial charge in [-0.25, -0.2) is 4.98 Å². The number of rotatable bonds is 11. The third kappa shape index (κ3) is 6.07. The predicted molar refractivity (Wildman–Crippen MR) is 100 cm³/mol. The fraction of sp³-hybridized carbons (Fsp3) is 0.421. The molecule has 9 nitrogen and oxygen atoms in total. The second-order valence-electron chi connectivity index (χ2n) is 5.83. The molecule has 152 valence electrons. The van der Waals surface area contributed by atoms with Crippen LogP contribution in [0.15, 0.2) is 34.9 Å². The first-order valence-corrected chi connectivity index (χ1v) is 8.72. The maximum atomic E-state index is 12.9. The van der Waals surface area contributed by atoms with Crippen molar-refractivity contribution in [3.63, 3.8) is 0 Å². The molecule has 0 fully saturated rings. The molecule has 1 aromatic carbocycles. The first-order chi connectivity index (χ1) is 13.6. The molecule has 0 saturated carbocycles. The molecule has 0 atom stereocenters. The van der Waals surface area contributed by atoms with Crippen LogP contribution in [0.25, 0.3) is 0 Å². The zero-order valence-electron chi connectivity index (χ0n) is 16.3. The lowest BCUT2D eigenvalue weighted by Crippen LogP contribution is -2.33. The standard InChI is InChI=1S/C19H25N3O6/c1-25-9-7-20-18(23)16-13-28-17(21-16)12-22(8-10-26-2)19(24)14-5-4-6-15(11-14)27-3/h4-6,11,13H,7-10,12H2,1-3H3,(H,20,23). The number of amides is 2. The normalized spacial score (nSPS) is 10.5. The summed E-state index contributed by atoms with van der Waals surface area (Å²) in [7, 11) is 4.65. The van der Waals surface area contributed by atoms with Crippen molar-refractivity contribution >= 4 is 11.8 Å². The zero-order chi connectivity index (χ0) is 20.4. The third-order valence-corrected chi connectivity index (χ3v) is 3.87. The summed E-state index contributed by atoms with van der Waals surface area (Å²) in [4.78, 5) is 30.6. The molecule has 0 aliphatic heterocycles. The van der Waals surface area contributed by atoms with E-state index >= 15 is 0 Å². The third-order valence-electron chi connectivity index (χ3n) is 3.87. The lowest BCUT2D eigenvalue weighted by molar-refractivity contribution is 0.0662. The van der Waals surface area contributed by atoms with Crippen LogP contribution in [0.3, 0.4) is 0 Å². The van der Waals surface area contributed by atoms with Gasteiger partial charge in [0.05, 0.1) is 26.9 Å². The molecule has 2 aromatic rings. The molecule has 0 unspecified atom stereocenters. The molecule has 0 aliphatic carbocycles. The Morgan fingerprint density at radius 1 is 1.18 bits per heavy atom. The van der Waals surface area contributed by atoms with Gasteiger partial charge < -0.3 is 28.8 Å². The van der Waals surface area contributed by atoms with Crippen LogP contribution in [-0.2, 0) is 16.0 Å². The lowest BCUT2D eigenvalue weighted by atomic mass is 10.2. The molecule has 2 amide bonds. The summed E-state index contributed by atoms with van der Waals surface area (Å²) in [6.07, 6.45) is 1.27. The summed E-state index contributed by atoms with van der Waals surface area (Å²) < 4.78 is 20.5. The highest BCUT2D eigenvalue weighted by atomic mass is 16.5. The van der Waals surface area contributed by atoms with Gasteiger partial charge in [-0.2, -0.15) is 0 Å². The van der Waals surface area contributed by atoms with Gasteiger partial charge in [0.2, 0.25) is 5.89 Å². The van der Waals surface area contributed by atoms with Crippen molar-refractivity contribution in [1.29, 1.82) is 0 Å². The molecule has 1 heterocycles. The molecule has 0 bridgehead atoms. The van der Waals surface area contributed by atoms with E-state index in [-0.39, 0.29) is 29.9 Å². The van der Waals surface area contributed by atoms with E-state index in [9.17, 15) is 9.59 Å². The molecule has 2 rings (SSSR count). The van der Waals surface area contributed by atoms with E-state index in [2.05, 4.69) is 10.3 Å². The largest absolute Gasteiger partial charge is 0.497 e. The maximum Gasteiger partial charge on any atom is 0.273 e. The fourth-order valence-electron chi connectivity index (χ4n) is 2.40. The van der Waals surface area contributed by atoms with Gasteiger partial charge in [-0.15, -0.1) is 0 Å². The lowest BCUT2D eigenvalue weighted by Gasteiger charge is -2.21. The molecular formula is C19H25N3O6. The highest BCUT2D eigenvalue weighted by Gasteiger charge is 2.20. The van der Waals surface area contributed by atoms with Gasteiger partial charge in [0.25, 0.3) is 11.8 Å². The minimum atomic E-state index is -0.366. The summed E-state index contributed by atoms with van der Waals surface area (Å²) in [6, 6.07) is 6.87. The number of carbonyl (C=O) groups is 2. The Labute approximate surface area is 163 Å². The Hall–Kier alpha value is -2.91. The molecule has 28 heavy (non-hydrogen) atoms. The van der Waals surface area contributed by atoms with Crippen LogP contribution in [-0.4, -0.2) is 69.3 Å². The predicted octanol–water partition coefficient (Wildman–Crippen LogP) is 1.35. The van der Waals surface area contributed by atoms with Crippen molar-refractivity contribution in [2.75, 3.05) is 47.6 Å². The molecule has 9 heteroatoms. The van der Waals surface area contributed by atoms with Crippen LogP contribution >= 0.6 is 0 Å². The van der Waals surface area contributed by atoms with Crippen molar-refractivity contribution < 1.29 is 28.2 Å². The van der Waals surface area contributed by atoms with E-state index in [4.69, 9.17) is 18.6 Å². The SMILES string of the molecule is COCCNC(=O)c1coc(CN(CCOC)C(=O)c2cccc(OC)c2)n1. The highest BCUT2D eigenvalue weighted by molar-refractivity contribution is 5.94. The molecule has 1 aromatic heterocycles. The summed E-state index contributed by atoms with van der Waals surface area (Å²) in [5.74, 6) is 0.253. The second kappa shape index (κ2) is 11.1. The monoisotopic (exact) mass is 391 g/mol. The van der Waals surface area contributed by atoms with E-state index in [0.717, 1.165) is 0 Å². The Balaban J connectivity index is 2.09. The average molecular weight is 391 g/mol. The van der Waals surface area contributed by atoms with E-state index in [1.54, 1.807) is 38.5 Å². The molecule has 1 N–H and O–H groups in total. The number of nitrogens with one attached hydrogen (secondary N) is 1. The van der Waals surface area contributed by atoms with E-state index in [0.29, 0.717) is 37.6 Å². The smallest absolute Gasteiger partial charge is 0.273 e. The van der Waals surface area contributed by atoms with Crippen molar-refractivity contribution in [1.82, 2.24) is 15.2 Å². The van der Waals surface area contributed by atoms with E-state index in [1.807, 2.05) is 0 Å². The van der Waals surface area contributed by atoms with Gasteiger partial charge in [0, 0.05) is 32.9 Å². The minimum Gasteiger partial charge on any atom is -0.497 e. The van der Waals surface area contributed by atoms with Gasteiger partial charge in [-0.3, -0.25) is 9.59 Å². The molecule has 0 aliphatic rings. The van der Waals surface area contributed by atoms with Crippen molar-refractivity contribution in [3.05, 3.63) is 47.7 Å². The van der Waals surface area contributed by atoms with Crippen LogP contribution in [0.5, 0.6) is 5.75 Å². The number of benzene rings is 1. The number of hydrogen-bond acceptors (Lipinski definition) is 7. The number of hydrogen-bond donors (Lipinski definition) is 1. The van der Waals surface area contributed by atoms with Gasteiger partial charge in [-0.1, -0.05) is 6.07 Å². The van der Waals surface area contributed by atoms with Crippen molar-refractivity contribution in [2.24, 2.45) is 0 Å². The van der Waals surface area contributed by atoms with Gasteiger partial charge in [0.15, 0.2) is 5.69 Å². The number of ether oxygens (including phenoxy) is 3. The van der Waals surface area contributed by atoms with Crippen LogP contribution in [0, 0.1) is 0 Å². The van der Waals surface area contributed by atoms with Gasteiger partial charge in [0.1, 0.15) is 12.0 Å². The summed E-state index contributed by atoms with van der Waals surface area (Å²) in [5, 5.41) is 2.66. The molecule has 0 spiro atoms. The minimum absolute atomic E-state index is 0.102. The maximum absolute atomic E-state index is 12.9. The summed E-state index contributed by atoms with van der Waals surface area (Å²) in [5.41, 5.74) is 0.617. The first kappa shape index (κ1) is 21.4. The quantitative estimate of drug-likeness (QED) is 0.577. The van der Waals surface area contributed by atoms with Crippen LogP contribution in [0.2, 0.25) is 0 Å². The van der Waals surface area contributed by atoms with Crippen molar-refractivity contribution in [2.45, 2.75) is 6.54 Å². The summed E-state index contributed by atoms with van der Waals surface area (Å²) in [6.45, 7) is 1.55. The second-order valence-corrected chi connectivity index (χ2v) is 5.83. The number of carbonyl (C=O) groups excluding carboxylic acids is 2. The molecule has 0 saturated heterocycles. The summed E-state index contributed by atoms with van der Waals surface area (Å²) >= 11 is 0. The van der Waals surface area contributed by atoms with Gasteiger partial charge in [-0.05, 0) is 18.2 Å². The number of methoxy groups -OCH3 is 3. The molecular weight excluding hydrogens is 366 g/mol. The number of nitrogens with zero attached hydrogens (tertiary/aromatic N) is 2. The first-order valence-electron chi connectivity index (χ1n) is 8.72. The van der Waals surface area contributed by atoms with E-state index in [1.165, 1.54) is 18.3 Å². The topological polar surface area (TPSA) is 103 Å². The van der Waals surface area contributed by atoms with Gasteiger partial charge >= 0.3 is 0 Å². The fourth-order valence-corrected chi connectivity index (χ4v) is 2.40. The average Bonchev–Trinajstić information content (AvgIpc) is 3.19. The Bertz CT molecular complexity index is 777. The highest BCUT2D eigenvalue weighted by Crippen LogP contribution is 2.16. The van der Waals surface area contributed by atoms with E-state index < -0.39 is 0 Å². The number of oxazole rings is 1. The Morgan fingerprint density at radius 2 is 1.96 bits per heavy atom. The van der Waals surface area contributed by atoms with Crippen LogP contribution in [0.1, 0.15) is 26.7 Å².